The number of unbranched alkanes of at least 4 members (excludes halogenated alkanes) is 24. The lowest BCUT2D eigenvalue weighted by Crippen LogP contribution is -2.45. The summed E-state index contributed by atoms with van der Waals surface area (Å²) in [5.41, 5.74) is 1.05. The van der Waals surface area contributed by atoms with Gasteiger partial charge in [0.1, 0.15) is 24.4 Å². The maximum Gasteiger partial charge on any atom is 0.329 e. The average Bonchev–Trinajstić information content (AvgIpc) is 3.32. The smallest absolute Gasteiger partial charge is 0.329 e. The molecule has 390 valence electrons. The van der Waals surface area contributed by atoms with Gasteiger partial charge in [-0.15, -0.1) is 0 Å². The first-order valence-corrected chi connectivity index (χ1v) is 28.5. The van der Waals surface area contributed by atoms with E-state index in [0.717, 1.165) is 44.1 Å². The first-order valence-electron chi connectivity index (χ1n) is 27.3. The van der Waals surface area contributed by atoms with Crippen LogP contribution in [0.4, 0.5) is 5.69 Å². The number of hydrogen-bond acceptors (Lipinski definition) is 9. The fourth-order valence-corrected chi connectivity index (χ4v) is 9.08. The fourth-order valence-electron chi connectivity index (χ4n) is 8.16. The van der Waals surface area contributed by atoms with Gasteiger partial charge in [-0.1, -0.05) is 198 Å². The van der Waals surface area contributed by atoms with Gasteiger partial charge in [-0.2, -0.15) is 11.8 Å². The maximum absolute atomic E-state index is 13.3. The number of nitrogens with one attached hydrogen (secondary N) is 2. The molecule has 0 aliphatic carbocycles. The minimum absolute atomic E-state index is 0.00548. The molecule has 0 radical (unpaired) electrons. The highest BCUT2D eigenvalue weighted by Crippen LogP contribution is 2.18. The number of hydrogen-bond donors (Lipinski definition) is 2. The Kier molecular flexibility index (Phi) is 35.3. The molecule has 2 amide bonds. The molecule has 0 fully saturated rings. The molecule has 0 aliphatic heterocycles. The molecule has 10 nitrogen and oxygen atoms in total. The van der Waals surface area contributed by atoms with Gasteiger partial charge in [0.25, 0.3) is 5.91 Å². The standard InChI is InChI=1S/C58H94N2O8S/c1-6-8-10-12-14-16-18-20-22-24-26-28-33-37-54(62)66-46-51(67-55(63)38-34-29-27-25-23-21-19-17-15-13-11-9-7-2)47-69-44-43-53(61)59-50-41-39-49(40-42-50)56(64)60-52(57(65)68-58(3,4)5)45-48-35-31-30-32-36-48/h30-32,35-36,39-42,51-52H,6-29,33-34,37-38,43-47H2,1-5H3,(H,59,61)(H,60,64). The van der Waals surface area contributed by atoms with Crippen LogP contribution in [0.5, 0.6) is 0 Å². The predicted molar refractivity (Wildman–Crippen MR) is 286 cm³/mol. The molecule has 2 N–H and O–H groups in total. The molecule has 0 aromatic heterocycles. The lowest BCUT2D eigenvalue weighted by atomic mass is 10.0. The van der Waals surface area contributed by atoms with E-state index in [4.69, 9.17) is 14.2 Å². The van der Waals surface area contributed by atoms with Gasteiger partial charge in [0.2, 0.25) is 5.91 Å². The third-order valence-electron chi connectivity index (χ3n) is 12.2. The van der Waals surface area contributed by atoms with E-state index in [2.05, 4.69) is 24.5 Å². The Morgan fingerprint density at radius 2 is 1.03 bits per heavy atom. The van der Waals surface area contributed by atoms with Crippen molar-refractivity contribution in [1.82, 2.24) is 5.32 Å². The molecule has 2 rings (SSSR count). The van der Waals surface area contributed by atoms with Crippen molar-refractivity contribution >= 4 is 47.2 Å². The number of thioether (sulfide) groups is 1. The summed E-state index contributed by atoms with van der Waals surface area (Å²) in [6.07, 6.45) is 32.7. The summed E-state index contributed by atoms with van der Waals surface area (Å²) < 4.78 is 17.1. The van der Waals surface area contributed by atoms with Crippen LogP contribution in [-0.2, 0) is 39.8 Å². The van der Waals surface area contributed by atoms with E-state index in [1.165, 1.54) is 140 Å². The first kappa shape index (κ1) is 61.3. The quantitative estimate of drug-likeness (QED) is 0.0378. The Morgan fingerprint density at radius 1 is 0.565 bits per heavy atom. The highest BCUT2D eigenvalue weighted by molar-refractivity contribution is 7.99. The Hall–Kier alpha value is -3.86. The number of anilines is 1. The Morgan fingerprint density at radius 3 is 1.51 bits per heavy atom. The number of carbonyl (C=O) groups is 5. The number of esters is 3. The highest BCUT2D eigenvalue weighted by atomic mass is 32.2. The molecule has 0 heterocycles. The molecule has 2 atom stereocenters. The van der Waals surface area contributed by atoms with Crippen molar-refractivity contribution in [1.29, 1.82) is 0 Å². The molecular formula is C58H94N2O8S. The molecule has 0 spiro atoms. The average molecular weight is 979 g/mol. The third kappa shape index (κ3) is 34.2. The van der Waals surface area contributed by atoms with Crippen molar-refractivity contribution in [3.05, 3.63) is 65.7 Å². The van der Waals surface area contributed by atoms with E-state index < -0.39 is 29.6 Å². The van der Waals surface area contributed by atoms with Crippen LogP contribution >= 0.6 is 11.8 Å². The van der Waals surface area contributed by atoms with Gasteiger partial charge in [0, 0.05) is 48.4 Å². The van der Waals surface area contributed by atoms with E-state index in [0.29, 0.717) is 35.6 Å². The Bertz CT molecular complexity index is 1650. The van der Waals surface area contributed by atoms with Crippen LogP contribution < -0.4 is 10.6 Å². The van der Waals surface area contributed by atoms with Gasteiger partial charge < -0.3 is 24.8 Å². The molecule has 2 aromatic carbocycles. The van der Waals surface area contributed by atoms with Crippen molar-refractivity contribution in [2.45, 2.75) is 245 Å². The lowest BCUT2D eigenvalue weighted by Gasteiger charge is -2.24. The summed E-state index contributed by atoms with van der Waals surface area (Å²) in [6, 6.07) is 15.1. The van der Waals surface area contributed by atoms with E-state index in [9.17, 15) is 24.0 Å². The summed E-state index contributed by atoms with van der Waals surface area (Å²) >= 11 is 1.48. The van der Waals surface area contributed by atoms with Crippen molar-refractivity contribution in [3.8, 4) is 0 Å². The number of benzene rings is 2. The minimum Gasteiger partial charge on any atom is -0.462 e. The molecule has 2 unspecified atom stereocenters. The van der Waals surface area contributed by atoms with Crippen molar-refractivity contribution in [3.63, 3.8) is 0 Å². The molecule has 69 heavy (non-hydrogen) atoms. The summed E-state index contributed by atoms with van der Waals surface area (Å²) in [5, 5.41) is 5.71. The van der Waals surface area contributed by atoms with E-state index >= 15 is 0 Å². The van der Waals surface area contributed by atoms with Gasteiger partial charge in [0.15, 0.2) is 0 Å². The molecule has 0 bridgehead atoms. The molecule has 2 aromatic rings. The summed E-state index contributed by atoms with van der Waals surface area (Å²) in [7, 11) is 0. The predicted octanol–water partition coefficient (Wildman–Crippen LogP) is 14.8. The van der Waals surface area contributed by atoms with E-state index in [-0.39, 0.29) is 37.3 Å². The van der Waals surface area contributed by atoms with Crippen LogP contribution in [0, 0.1) is 0 Å². The van der Waals surface area contributed by atoms with Gasteiger partial charge >= 0.3 is 17.9 Å². The molecule has 0 aliphatic rings. The van der Waals surface area contributed by atoms with Crippen LogP contribution in [-0.4, -0.2) is 65.6 Å². The van der Waals surface area contributed by atoms with Gasteiger partial charge in [0.05, 0.1) is 0 Å². The monoisotopic (exact) mass is 979 g/mol. The van der Waals surface area contributed by atoms with Crippen LogP contribution in [0.1, 0.15) is 237 Å². The Balaban J connectivity index is 1.79. The van der Waals surface area contributed by atoms with Gasteiger partial charge in [-0.05, 0) is 63.4 Å². The Labute approximate surface area is 423 Å². The normalized spacial score (nSPS) is 12.2. The second-order valence-corrected chi connectivity index (χ2v) is 21.1. The lowest BCUT2D eigenvalue weighted by molar-refractivity contribution is -0.157. The summed E-state index contributed by atoms with van der Waals surface area (Å²) in [5.74, 6) is -0.811. The van der Waals surface area contributed by atoms with Crippen molar-refractivity contribution in [2.75, 3.05) is 23.4 Å². The van der Waals surface area contributed by atoms with E-state index in [1.807, 2.05) is 30.3 Å². The van der Waals surface area contributed by atoms with Crippen molar-refractivity contribution in [2.24, 2.45) is 0 Å². The number of rotatable bonds is 42. The van der Waals surface area contributed by atoms with Crippen LogP contribution in [0.3, 0.4) is 0 Å². The minimum atomic E-state index is -0.885. The topological polar surface area (TPSA) is 137 Å². The largest absolute Gasteiger partial charge is 0.462 e. The SMILES string of the molecule is CCCCCCCCCCCCCCCC(=O)OCC(CSCCC(=O)Nc1ccc(C(=O)NC(Cc2ccccc2)C(=O)OC(C)(C)C)cc1)OC(=O)CCCCCCCCCCCCCCC. The fraction of sp³-hybridized carbons (Fsp3) is 0.707. The van der Waals surface area contributed by atoms with Crippen LogP contribution in [0.15, 0.2) is 54.6 Å². The first-order chi connectivity index (χ1) is 33.4. The number of ether oxygens (including phenoxy) is 3. The van der Waals surface area contributed by atoms with Crippen LogP contribution in [0.25, 0.3) is 0 Å². The zero-order valence-corrected chi connectivity index (χ0v) is 44.7. The van der Waals surface area contributed by atoms with Gasteiger partial charge in [-0.3, -0.25) is 19.2 Å². The maximum atomic E-state index is 13.3. The summed E-state index contributed by atoms with van der Waals surface area (Å²) in [6.45, 7) is 9.88. The molecule has 11 heteroatoms. The molecule has 0 saturated heterocycles. The van der Waals surface area contributed by atoms with Gasteiger partial charge in [-0.25, -0.2) is 4.79 Å². The molecular weight excluding hydrogens is 885 g/mol. The van der Waals surface area contributed by atoms with Crippen LogP contribution in [0.2, 0.25) is 0 Å². The highest BCUT2D eigenvalue weighted by Gasteiger charge is 2.27. The third-order valence-corrected chi connectivity index (χ3v) is 13.3. The summed E-state index contributed by atoms with van der Waals surface area (Å²) in [4.78, 5) is 64.9. The second kappa shape index (κ2) is 39.8. The zero-order valence-electron chi connectivity index (χ0n) is 43.9. The number of carbonyl (C=O) groups excluding carboxylic acids is 5. The second-order valence-electron chi connectivity index (χ2n) is 20.0. The number of amides is 2. The van der Waals surface area contributed by atoms with E-state index in [1.54, 1.807) is 45.0 Å². The van der Waals surface area contributed by atoms with Crippen molar-refractivity contribution < 1.29 is 38.2 Å². The zero-order chi connectivity index (χ0) is 50.2. The molecule has 0 saturated carbocycles.